The first-order valence-electron chi connectivity index (χ1n) is 6.54. The van der Waals surface area contributed by atoms with Crippen molar-refractivity contribution < 1.29 is 4.79 Å². The Morgan fingerprint density at radius 2 is 2.37 bits per heavy atom. The first-order chi connectivity index (χ1) is 9.24. The summed E-state index contributed by atoms with van der Waals surface area (Å²) < 4.78 is 0. The molecule has 0 saturated heterocycles. The van der Waals surface area contributed by atoms with Crippen molar-refractivity contribution in [1.29, 1.82) is 0 Å². The lowest BCUT2D eigenvalue weighted by atomic mass is 9.94. The number of aryl methyl sites for hydroxylation is 1. The number of carbonyl (C=O) groups excluding carboxylic acids is 1. The zero-order chi connectivity index (χ0) is 13.2. The second-order valence-corrected chi connectivity index (χ2v) is 5.88. The van der Waals surface area contributed by atoms with E-state index in [1.54, 1.807) is 11.3 Å². The number of fused-ring (bicyclic) bond motifs is 1. The molecule has 0 unspecified atom stereocenters. The van der Waals surface area contributed by atoms with Crippen molar-refractivity contribution >= 4 is 22.8 Å². The van der Waals surface area contributed by atoms with Crippen LogP contribution in [0.2, 0.25) is 0 Å². The number of Topliss-reactive ketones (excluding diaryl/α,β-unsaturated/α-hetero) is 1. The molecule has 1 aromatic carbocycles. The van der Waals surface area contributed by atoms with Gasteiger partial charge in [-0.25, -0.2) is 4.98 Å². The molecular formula is C15H16N2OS. The molecule has 1 aromatic heterocycles. The Kier molecular flexibility index (Phi) is 3.34. The Morgan fingerprint density at radius 3 is 3.16 bits per heavy atom. The highest BCUT2D eigenvalue weighted by Crippen LogP contribution is 2.26. The summed E-state index contributed by atoms with van der Waals surface area (Å²) in [5.74, 6) is 0.172. The molecule has 2 aromatic rings. The summed E-state index contributed by atoms with van der Waals surface area (Å²) in [7, 11) is 0. The molecule has 19 heavy (non-hydrogen) atoms. The minimum Gasteiger partial charge on any atom is -0.385 e. The van der Waals surface area contributed by atoms with Crippen molar-refractivity contribution in [1.82, 2.24) is 4.98 Å². The van der Waals surface area contributed by atoms with E-state index in [4.69, 9.17) is 0 Å². The first kappa shape index (κ1) is 12.4. The monoisotopic (exact) mass is 272 g/mol. The van der Waals surface area contributed by atoms with Crippen molar-refractivity contribution in [2.75, 3.05) is 11.9 Å². The maximum atomic E-state index is 12.4. The molecule has 2 heterocycles. The van der Waals surface area contributed by atoms with E-state index in [-0.39, 0.29) is 5.78 Å². The van der Waals surface area contributed by atoms with Crippen LogP contribution in [0, 0.1) is 6.92 Å². The average molecular weight is 272 g/mol. The summed E-state index contributed by atoms with van der Waals surface area (Å²) in [6, 6.07) is 5.95. The van der Waals surface area contributed by atoms with Crippen LogP contribution >= 0.6 is 11.3 Å². The topological polar surface area (TPSA) is 42.0 Å². The lowest BCUT2D eigenvalue weighted by molar-refractivity contribution is 0.0991. The fraction of sp³-hybridized carbons (Fsp3) is 0.333. The Balaban J connectivity index is 1.87. The van der Waals surface area contributed by atoms with Gasteiger partial charge in [0, 0.05) is 23.2 Å². The number of nitrogens with zero attached hydrogens (tertiary/aromatic N) is 1. The van der Waals surface area contributed by atoms with Crippen molar-refractivity contribution in [2.45, 2.75) is 26.2 Å². The van der Waals surface area contributed by atoms with E-state index in [0.29, 0.717) is 6.42 Å². The Morgan fingerprint density at radius 1 is 1.47 bits per heavy atom. The molecule has 0 bridgehead atoms. The van der Waals surface area contributed by atoms with E-state index in [2.05, 4.69) is 16.4 Å². The van der Waals surface area contributed by atoms with Crippen LogP contribution in [0.1, 0.15) is 33.0 Å². The summed E-state index contributed by atoms with van der Waals surface area (Å²) in [4.78, 5) is 16.8. The lowest BCUT2D eigenvalue weighted by Gasteiger charge is -2.20. The molecule has 1 aliphatic rings. The number of rotatable bonds is 3. The molecular weight excluding hydrogens is 256 g/mol. The normalized spacial score (nSPS) is 13.7. The van der Waals surface area contributed by atoms with Gasteiger partial charge in [0.2, 0.25) is 0 Å². The number of nitrogens with one attached hydrogen (secondary N) is 1. The largest absolute Gasteiger partial charge is 0.385 e. The van der Waals surface area contributed by atoms with Crippen LogP contribution in [0.15, 0.2) is 23.6 Å². The number of thiazole rings is 1. The van der Waals surface area contributed by atoms with Gasteiger partial charge in [-0.1, -0.05) is 12.1 Å². The van der Waals surface area contributed by atoms with Gasteiger partial charge in [-0.3, -0.25) is 4.79 Å². The van der Waals surface area contributed by atoms with Crippen LogP contribution in [0.3, 0.4) is 0 Å². The number of benzene rings is 1. The van der Waals surface area contributed by atoms with E-state index in [1.165, 1.54) is 5.56 Å². The van der Waals surface area contributed by atoms with Gasteiger partial charge < -0.3 is 5.32 Å². The number of anilines is 1. The van der Waals surface area contributed by atoms with E-state index < -0.39 is 0 Å². The molecule has 0 saturated carbocycles. The fourth-order valence-corrected chi connectivity index (χ4v) is 3.13. The van der Waals surface area contributed by atoms with Crippen LogP contribution in [0.25, 0.3) is 0 Å². The summed E-state index contributed by atoms with van der Waals surface area (Å²) in [5, 5.41) is 6.35. The third-order valence-electron chi connectivity index (χ3n) is 3.40. The highest BCUT2D eigenvalue weighted by Gasteiger charge is 2.18. The van der Waals surface area contributed by atoms with E-state index >= 15 is 0 Å². The van der Waals surface area contributed by atoms with Crippen molar-refractivity contribution in [2.24, 2.45) is 0 Å². The molecule has 4 heteroatoms. The molecule has 0 fully saturated rings. The molecule has 3 nitrogen and oxygen atoms in total. The van der Waals surface area contributed by atoms with Gasteiger partial charge in [-0.2, -0.15) is 0 Å². The summed E-state index contributed by atoms with van der Waals surface area (Å²) >= 11 is 1.59. The van der Waals surface area contributed by atoms with Crippen molar-refractivity contribution in [3.8, 4) is 0 Å². The minimum atomic E-state index is 0.172. The predicted octanol–water partition coefficient (Wildman–Crippen LogP) is 3.24. The van der Waals surface area contributed by atoms with Gasteiger partial charge in [0.15, 0.2) is 5.78 Å². The standard InChI is InChI=1S/C15H16N2OS/c1-10-17-11(9-19-10)8-15(18)13-4-2-6-14-12(13)5-3-7-16-14/h2,4,6,9,16H,3,5,7-8H2,1H3. The number of hydrogen-bond acceptors (Lipinski definition) is 4. The van der Waals surface area contributed by atoms with Crippen molar-refractivity contribution in [3.05, 3.63) is 45.4 Å². The predicted molar refractivity (Wildman–Crippen MR) is 78.1 cm³/mol. The van der Waals surface area contributed by atoms with E-state index in [1.807, 2.05) is 24.4 Å². The van der Waals surface area contributed by atoms with Gasteiger partial charge in [0.05, 0.1) is 17.1 Å². The highest BCUT2D eigenvalue weighted by molar-refractivity contribution is 7.09. The quantitative estimate of drug-likeness (QED) is 0.872. The first-order valence-corrected chi connectivity index (χ1v) is 7.42. The highest BCUT2D eigenvalue weighted by atomic mass is 32.1. The summed E-state index contributed by atoms with van der Waals surface area (Å²) in [6.45, 7) is 2.96. The van der Waals surface area contributed by atoms with Gasteiger partial charge in [-0.15, -0.1) is 11.3 Å². The molecule has 0 atom stereocenters. The van der Waals surface area contributed by atoms with Gasteiger partial charge in [0.25, 0.3) is 0 Å². The average Bonchev–Trinajstić information content (AvgIpc) is 2.83. The second kappa shape index (κ2) is 5.13. The van der Waals surface area contributed by atoms with Gasteiger partial charge in [0.1, 0.15) is 0 Å². The third kappa shape index (κ3) is 2.54. The Labute approximate surface area is 116 Å². The van der Waals surface area contributed by atoms with Gasteiger partial charge >= 0.3 is 0 Å². The van der Waals surface area contributed by atoms with Crippen LogP contribution in [0.4, 0.5) is 5.69 Å². The molecule has 1 N–H and O–H groups in total. The second-order valence-electron chi connectivity index (χ2n) is 4.82. The number of aromatic nitrogens is 1. The molecule has 1 aliphatic heterocycles. The van der Waals surface area contributed by atoms with Crippen LogP contribution in [-0.2, 0) is 12.8 Å². The molecule has 0 amide bonds. The zero-order valence-corrected chi connectivity index (χ0v) is 11.7. The lowest BCUT2D eigenvalue weighted by Crippen LogP contribution is -2.16. The number of carbonyl (C=O) groups is 1. The smallest absolute Gasteiger partial charge is 0.169 e. The zero-order valence-electron chi connectivity index (χ0n) is 10.9. The molecule has 0 radical (unpaired) electrons. The minimum absolute atomic E-state index is 0.172. The maximum Gasteiger partial charge on any atom is 0.169 e. The molecule has 0 spiro atoms. The fourth-order valence-electron chi connectivity index (χ4n) is 2.52. The number of ketones is 1. The molecule has 98 valence electrons. The maximum absolute atomic E-state index is 12.4. The third-order valence-corrected chi connectivity index (χ3v) is 4.23. The summed E-state index contributed by atoms with van der Waals surface area (Å²) in [6.07, 6.45) is 2.48. The summed E-state index contributed by atoms with van der Waals surface area (Å²) in [5.41, 5.74) is 4.03. The molecule has 3 rings (SSSR count). The van der Waals surface area contributed by atoms with Gasteiger partial charge in [-0.05, 0) is 31.4 Å². The van der Waals surface area contributed by atoms with E-state index in [9.17, 15) is 4.79 Å². The van der Waals surface area contributed by atoms with Crippen molar-refractivity contribution in [3.63, 3.8) is 0 Å². The van der Waals surface area contributed by atoms with Crippen LogP contribution < -0.4 is 5.32 Å². The Hall–Kier alpha value is -1.68. The Bertz CT molecular complexity index is 618. The van der Waals surface area contributed by atoms with Crippen LogP contribution in [-0.4, -0.2) is 17.3 Å². The van der Waals surface area contributed by atoms with Crippen LogP contribution in [0.5, 0.6) is 0 Å². The SMILES string of the molecule is Cc1nc(CC(=O)c2cccc3c2CCCN3)cs1. The number of hydrogen-bond donors (Lipinski definition) is 1. The molecule has 0 aliphatic carbocycles. The van der Waals surface area contributed by atoms with E-state index in [0.717, 1.165) is 41.3 Å².